The van der Waals surface area contributed by atoms with Crippen molar-refractivity contribution in [1.29, 1.82) is 0 Å². The van der Waals surface area contributed by atoms with Crippen molar-refractivity contribution in [3.63, 3.8) is 0 Å². The van der Waals surface area contributed by atoms with Crippen LogP contribution in [0.3, 0.4) is 0 Å². The Kier molecular flexibility index (Phi) is 8.36. The SMILES string of the molecule is Cc1ccccc1CN1CCN(S(=O)(=O)c2ccc(Cl)cc2)CC1.O=C(O)C(=O)O. The van der Waals surface area contributed by atoms with Crippen LogP contribution in [-0.4, -0.2) is 66.0 Å². The van der Waals surface area contributed by atoms with Gasteiger partial charge in [-0.05, 0) is 42.3 Å². The molecule has 30 heavy (non-hydrogen) atoms. The minimum atomic E-state index is -3.44. The predicted molar refractivity (Wildman–Crippen MR) is 112 cm³/mol. The summed E-state index contributed by atoms with van der Waals surface area (Å²) in [6, 6.07) is 14.7. The van der Waals surface area contributed by atoms with Crippen molar-refractivity contribution in [1.82, 2.24) is 9.21 Å². The van der Waals surface area contributed by atoms with Gasteiger partial charge in [0.25, 0.3) is 0 Å². The predicted octanol–water partition coefficient (Wildman–Crippen LogP) is 2.31. The van der Waals surface area contributed by atoms with E-state index in [-0.39, 0.29) is 0 Å². The molecule has 1 aliphatic rings. The second kappa shape index (κ2) is 10.5. The molecule has 0 atom stereocenters. The van der Waals surface area contributed by atoms with Crippen molar-refractivity contribution in [2.75, 3.05) is 26.2 Å². The van der Waals surface area contributed by atoms with Gasteiger partial charge in [-0.3, -0.25) is 4.90 Å². The summed E-state index contributed by atoms with van der Waals surface area (Å²) in [6.07, 6.45) is 0. The van der Waals surface area contributed by atoms with E-state index in [0.717, 1.165) is 19.6 Å². The molecule has 2 N–H and O–H groups in total. The second-order valence-electron chi connectivity index (χ2n) is 6.67. The molecule has 3 rings (SSSR count). The fraction of sp³-hybridized carbons (Fsp3) is 0.300. The largest absolute Gasteiger partial charge is 0.473 e. The quantitative estimate of drug-likeness (QED) is 0.681. The zero-order valence-electron chi connectivity index (χ0n) is 16.4. The Morgan fingerprint density at radius 2 is 1.47 bits per heavy atom. The zero-order valence-corrected chi connectivity index (χ0v) is 17.9. The Balaban J connectivity index is 0.000000469. The number of nitrogens with zero attached hydrogens (tertiary/aromatic N) is 2. The molecule has 1 fully saturated rings. The van der Waals surface area contributed by atoms with Gasteiger partial charge in [-0.25, -0.2) is 18.0 Å². The summed E-state index contributed by atoms with van der Waals surface area (Å²) in [6.45, 7) is 5.47. The zero-order chi connectivity index (χ0) is 22.3. The molecular formula is C20H23ClN2O6S. The van der Waals surface area contributed by atoms with Gasteiger partial charge in [-0.15, -0.1) is 0 Å². The second-order valence-corrected chi connectivity index (χ2v) is 9.05. The molecule has 0 unspecified atom stereocenters. The number of rotatable bonds is 4. The van der Waals surface area contributed by atoms with E-state index in [1.165, 1.54) is 11.1 Å². The summed E-state index contributed by atoms with van der Waals surface area (Å²) >= 11 is 5.84. The third-order valence-electron chi connectivity index (χ3n) is 4.62. The number of hydrogen-bond acceptors (Lipinski definition) is 5. The van der Waals surface area contributed by atoms with Crippen molar-refractivity contribution in [3.05, 3.63) is 64.7 Å². The maximum atomic E-state index is 12.7. The Morgan fingerprint density at radius 1 is 0.933 bits per heavy atom. The number of carbonyl (C=O) groups is 2. The lowest BCUT2D eigenvalue weighted by Gasteiger charge is -2.34. The first-order valence-corrected chi connectivity index (χ1v) is 10.9. The van der Waals surface area contributed by atoms with Crippen LogP contribution in [0.1, 0.15) is 11.1 Å². The highest BCUT2D eigenvalue weighted by atomic mass is 35.5. The van der Waals surface area contributed by atoms with E-state index in [0.29, 0.717) is 23.0 Å². The molecular weight excluding hydrogens is 432 g/mol. The van der Waals surface area contributed by atoms with Gasteiger partial charge in [-0.2, -0.15) is 4.31 Å². The lowest BCUT2D eigenvalue weighted by atomic mass is 10.1. The summed E-state index contributed by atoms with van der Waals surface area (Å²) in [4.78, 5) is 20.8. The molecule has 0 bridgehead atoms. The first-order valence-electron chi connectivity index (χ1n) is 9.10. The normalized spacial score (nSPS) is 15.1. The third kappa shape index (κ3) is 6.53. The lowest BCUT2D eigenvalue weighted by Crippen LogP contribution is -2.48. The molecule has 0 saturated carbocycles. The molecule has 0 aliphatic carbocycles. The molecule has 0 radical (unpaired) electrons. The summed E-state index contributed by atoms with van der Waals surface area (Å²) in [5, 5.41) is 15.3. The van der Waals surface area contributed by atoms with Gasteiger partial charge in [-0.1, -0.05) is 35.9 Å². The molecule has 2 aromatic rings. The average molecular weight is 455 g/mol. The smallest absolute Gasteiger partial charge is 0.414 e. The van der Waals surface area contributed by atoms with Crippen LogP contribution in [0.25, 0.3) is 0 Å². The van der Waals surface area contributed by atoms with Crippen molar-refractivity contribution < 1.29 is 28.2 Å². The van der Waals surface area contributed by atoms with Crippen LogP contribution in [0, 0.1) is 6.92 Å². The summed E-state index contributed by atoms with van der Waals surface area (Å²) < 4.78 is 26.9. The van der Waals surface area contributed by atoms with Crippen LogP contribution < -0.4 is 0 Å². The molecule has 0 amide bonds. The van der Waals surface area contributed by atoms with Crippen LogP contribution in [0.4, 0.5) is 0 Å². The van der Waals surface area contributed by atoms with Crippen molar-refractivity contribution >= 4 is 33.6 Å². The van der Waals surface area contributed by atoms with Crippen LogP contribution in [0.5, 0.6) is 0 Å². The Bertz CT molecular complexity index is 975. The standard InChI is InChI=1S/C18H21ClN2O2S.C2H2O4/c1-15-4-2-3-5-16(15)14-20-10-12-21(13-11-20)24(22,23)18-8-6-17(19)7-9-18;3-1(4)2(5)6/h2-9H,10-14H2,1H3;(H,3,4)(H,5,6). The molecule has 10 heteroatoms. The van der Waals surface area contributed by atoms with E-state index < -0.39 is 22.0 Å². The van der Waals surface area contributed by atoms with E-state index in [1.54, 1.807) is 28.6 Å². The molecule has 8 nitrogen and oxygen atoms in total. The fourth-order valence-corrected chi connectivity index (χ4v) is 4.46. The number of benzene rings is 2. The molecule has 162 valence electrons. The lowest BCUT2D eigenvalue weighted by molar-refractivity contribution is -0.159. The first-order chi connectivity index (χ1) is 14.1. The summed E-state index contributed by atoms with van der Waals surface area (Å²) in [5.74, 6) is -3.65. The van der Waals surface area contributed by atoms with Gasteiger partial charge >= 0.3 is 11.9 Å². The molecule has 0 spiro atoms. The number of halogens is 1. The van der Waals surface area contributed by atoms with Crippen molar-refractivity contribution in [2.24, 2.45) is 0 Å². The van der Waals surface area contributed by atoms with Crippen molar-refractivity contribution in [2.45, 2.75) is 18.4 Å². The number of sulfonamides is 1. The van der Waals surface area contributed by atoms with Crippen molar-refractivity contribution in [3.8, 4) is 0 Å². The van der Waals surface area contributed by atoms with E-state index in [4.69, 9.17) is 31.4 Å². The minimum absolute atomic E-state index is 0.305. The van der Waals surface area contributed by atoms with Gasteiger partial charge in [0.1, 0.15) is 0 Å². The van der Waals surface area contributed by atoms with E-state index in [1.807, 2.05) is 12.1 Å². The Morgan fingerprint density at radius 3 is 1.97 bits per heavy atom. The topological polar surface area (TPSA) is 115 Å². The highest BCUT2D eigenvalue weighted by Gasteiger charge is 2.28. The van der Waals surface area contributed by atoms with Crippen LogP contribution >= 0.6 is 11.6 Å². The summed E-state index contributed by atoms with van der Waals surface area (Å²) in [7, 11) is -3.44. The highest BCUT2D eigenvalue weighted by Crippen LogP contribution is 2.20. The van der Waals surface area contributed by atoms with Gasteiger partial charge < -0.3 is 10.2 Å². The number of carboxylic acids is 2. The summed E-state index contributed by atoms with van der Waals surface area (Å²) in [5.41, 5.74) is 2.57. The Labute approximate surface area is 180 Å². The third-order valence-corrected chi connectivity index (χ3v) is 6.79. The van der Waals surface area contributed by atoms with Gasteiger partial charge in [0.05, 0.1) is 4.90 Å². The molecule has 0 aromatic heterocycles. The highest BCUT2D eigenvalue weighted by molar-refractivity contribution is 7.89. The number of piperazine rings is 1. The molecule has 1 heterocycles. The van der Waals surface area contributed by atoms with Gasteiger partial charge in [0.2, 0.25) is 10.0 Å². The van der Waals surface area contributed by atoms with Crippen LogP contribution in [0.2, 0.25) is 5.02 Å². The monoisotopic (exact) mass is 454 g/mol. The number of carboxylic acid groups (broad SMARTS) is 2. The Hall–Kier alpha value is -2.46. The maximum absolute atomic E-state index is 12.7. The average Bonchev–Trinajstić information content (AvgIpc) is 2.71. The van der Waals surface area contributed by atoms with Crippen LogP contribution in [0.15, 0.2) is 53.4 Å². The van der Waals surface area contributed by atoms with E-state index >= 15 is 0 Å². The van der Waals surface area contributed by atoms with Crippen LogP contribution in [-0.2, 0) is 26.2 Å². The minimum Gasteiger partial charge on any atom is -0.473 e. The van der Waals surface area contributed by atoms with E-state index in [2.05, 4.69) is 24.0 Å². The fourth-order valence-electron chi connectivity index (χ4n) is 2.91. The number of aliphatic carboxylic acids is 2. The molecule has 1 aliphatic heterocycles. The molecule has 2 aromatic carbocycles. The van der Waals surface area contributed by atoms with Gasteiger partial charge in [0.15, 0.2) is 0 Å². The number of hydrogen-bond donors (Lipinski definition) is 2. The maximum Gasteiger partial charge on any atom is 0.414 e. The first kappa shape index (κ1) is 23.8. The number of aryl methyl sites for hydroxylation is 1. The van der Waals surface area contributed by atoms with Gasteiger partial charge in [0, 0.05) is 37.7 Å². The van der Waals surface area contributed by atoms with E-state index in [9.17, 15) is 8.42 Å². The molecule has 1 saturated heterocycles.